The number of nitrogens with one attached hydrogen (secondary N) is 1. The van der Waals surface area contributed by atoms with Crippen molar-refractivity contribution in [1.29, 1.82) is 0 Å². The van der Waals surface area contributed by atoms with E-state index in [1.807, 2.05) is 0 Å². The van der Waals surface area contributed by atoms with E-state index < -0.39 is 0 Å². The molecule has 0 aliphatic carbocycles. The molecule has 4 rings (SSSR count). The molecule has 3 atom stereocenters. The van der Waals surface area contributed by atoms with Gasteiger partial charge in [-0.3, -0.25) is 4.99 Å². The van der Waals surface area contributed by atoms with Crippen LogP contribution in [0, 0.1) is 0 Å². The predicted molar refractivity (Wildman–Crippen MR) is 124 cm³/mol. The number of hydrogen-bond donors (Lipinski definition) is 2. The molecule has 154 valence electrons. The number of unbranched alkanes of at least 4 members (excludes halogenated alkanes) is 1. The zero-order chi connectivity index (χ0) is 20.8. The fourth-order valence-corrected chi connectivity index (χ4v) is 4.42. The smallest absolute Gasteiger partial charge is 0.108 e. The molecule has 3 aromatic carbocycles. The zero-order valence-corrected chi connectivity index (χ0v) is 17.5. The SMILES string of the molecule is C[C@](CCCCO)(C1=N[C@H](c2ccccc2)[C@@H](c2ccccc2)N1)c1ccccc1. The Balaban J connectivity index is 1.75. The first-order valence-electron chi connectivity index (χ1n) is 10.8. The summed E-state index contributed by atoms with van der Waals surface area (Å²) in [6.07, 6.45) is 2.70. The summed E-state index contributed by atoms with van der Waals surface area (Å²) in [4.78, 5) is 5.29. The maximum atomic E-state index is 9.33. The molecule has 0 radical (unpaired) electrons. The third-order valence-electron chi connectivity index (χ3n) is 6.19. The summed E-state index contributed by atoms with van der Waals surface area (Å²) in [6, 6.07) is 31.9. The molecule has 0 aromatic heterocycles. The summed E-state index contributed by atoms with van der Waals surface area (Å²) in [5, 5.41) is 13.1. The molecule has 3 heteroatoms. The molecule has 1 aliphatic heterocycles. The Morgan fingerprint density at radius 1 is 0.800 bits per heavy atom. The van der Waals surface area contributed by atoms with E-state index >= 15 is 0 Å². The number of aliphatic hydroxyl groups excluding tert-OH is 1. The molecule has 0 amide bonds. The Morgan fingerprint density at radius 2 is 1.37 bits per heavy atom. The maximum Gasteiger partial charge on any atom is 0.108 e. The average Bonchev–Trinajstić information content (AvgIpc) is 3.27. The topological polar surface area (TPSA) is 44.6 Å². The number of benzene rings is 3. The molecule has 3 aromatic rings. The molecule has 1 aliphatic rings. The standard InChI is InChI=1S/C27H30N2O/c1-27(19-11-12-20-30,23-17-9-4-10-18-23)26-28-24(21-13-5-2-6-14-21)25(29-26)22-15-7-3-8-16-22/h2-10,13-18,24-25,30H,11-12,19-20H2,1H3,(H,28,29)/t24-,25-,27-/m1/s1. The second-order valence-electron chi connectivity index (χ2n) is 8.24. The Kier molecular flexibility index (Phi) is 6.29. The number of hydrogen-bond acceptors (Lipinski definition) is 3. The van der Waals surface area contributed by atoms with Gasteiger partial charge in [0.25, 0.3) is 0 Å². The van der Waals surface area contributed by atoms with Crippen LogP contribution in [0.3, 0.4) is 0 Å². The predicted octanol–water partition coefficient (Wildman–Crippen LogP) is 5.59. The van der Waals surface area contributed by atoms with Gasteiger partial charge in [0.1, 0.15) is 11.9 Å². The van der Waals surface area contributed by atoms with Crippen LogP contribution in [0.4, 0.5) is 0 Å². The molecule has 0 spiro atoms. The van der Waals surface area contributed by atoms with Crippen molar-refractivity contribution in [2.75, 3.05) is 6.61 Å². The second-order valence-corrected chi connectivity index (χ2v) is 8.24. The van der Waals surface area contributed by atoms with Crippen LogP contribution in [-0.4, -0.2) is 17.5 Å². The van der Waals surface area contributed by atoms with Gasteiger partial charge in [-0.1, -0.05) is 91.0 Å². The monoisotopic (exact) mass is 398 g/mol. The molecule has 0 saturated heterocycles. The van der Waals surface area contributed by atoms with Crippen LogP contribution in [0.25, 0.3) is 0 Å². The minimum atomic E-state index is -0.229. The molecule has 0 saturated carbocycles. The lowest BCUT2D eigenvalue weighted by atomic mass is 9.77. The van der Waals surface area contributed by atoms with Crippen LogP contribution in [0.2, 0.25) is 0 Å². The third kappa shape index (κ3) is 4.17. The van der Waals surface area contributed by atoms with Crippen molar-refractivity contribution in [3.8, 4) is 0 Å². The van der Waals surface area contributed by atoms with Crippen LogP contribution in [-0.2, 0) is 5.41 Å². The van der Waals surface area contributed by atoms with Gasteiger partial charge in [-0.15, -0.1) is 0 Å². The quantitative estimate of drug-likeness (QED) is 0.486. The van der Waals surface area contributed by atoms with Gasteiger partial charge in [-0.2, -0.15) is 0 Å². The van der Waals surface area contributed by atoms with E-state index in [1.54, 1.807) is 0 Å². The molecule has 0 unspecified atom stereocenters. The van der Waals surface area contributed by atoms with Crippen LogP contribution < -0.4 is 5.32 Å². The fraction of sp³-hybridized carbons (Fsp3) is 0.296. The summed E-state index contributed by atoms with van der Waals surface area (Å²) >= 11 is 0. The van der Waals surface area contributed by atoms with Crippen LogP contribution >= 0.6 is 0 Å². The van der Waals surface area contributed by atoms with Crippen molar-refractivity contribution in [3.63, 3.8) is 0 Å². The first kappa shape index (κ1) is 20.4. The average molecular weight is 399 g/mol. The van der Waals surface area contributed by atoms with Crippen LogP contribution in [0.15, 0.2) is 96.0 Å². The van der Waals surface area contributed by atoms with E-state index in [0.717, 1.165) is 25.1 Å². The molecule has 2 N–H and O–H groups in total. The zero-order valence-electron chi connectivity index (χ0n) is 17.5. The number of aliphatic imine (C=N–C) groups is 1. The summed E-state index contributed by atoms with van der Waals surface area (Å²) in [7, 11) is 0. The lowest BCUT2D eigenvalue weighted by Gasteiger charge is -2.31. The van der Waals surface area contributed by atoms with Crippen molar-refractivity contribution < 1.29 is 5.11 Å². The minimum absolute atomic E-state index is 0.0319. The number of rotatable bonds is 8. The first-order valence-corrected chi connectivity index (χ1v) is 10.8. The molecule has 0 bridgehead atoms. The van der Waals surface area contributed by atoms with E-state index in [2.05, 4.69) is 103 Å². The molecular weight excluding hydrogens is 368 g/mol. The largest absolute Gasteiger partial charge is 0.396 e. The summed E-state index contributed by atoms with van der Waals surface area (Å²) in [5.74, 6) is 1.04. The fourth-order valence-electron chi connectivity index (χ4n) is 4.42. The van der Waals surface area contributed by atoms with E-state index in [4.69, 9.17) is 4.99 Å². The number of nitrogens with zero attached hydrogens (tertiary/aromatic N) is 1. The lowest BCUT2D eigenvalue weighted by Crippen LogP contribution is -2.41. The Labute approximate surface area is 179 Å². The van der Waals surface area contributed by atoms with Crippen molar-refractivity contribution >= 4 is 5.84 Å². The van der Waals surface area contributed by atoms with Crippen molar-refractivity contribution in [1.82, 2.24) is 5.32 Å². The second kappa shape index (κ2) is 9.27. The number of amidine groups is 1. The summed E-state index contributed by atoms with van der Waals surface area (Å²) in [6.45, 7) is 2.50. The van der Waals surface area contributed by atoms with Crippen LogP contribution in [0.1, 0.15) is 55.0 Å². The van der Waals surface area contributed by atoms with E-state index in [-0.39, 0.29) is 24.1 Å². The van der Waals surface area contributed by atoms with Crippen molar-refractivity contribution in [2.45, 2.75) is 43.7 Å². The Bertz CT molecular complexity index is 956. The molecular formula is C27H30N2O. The Hall–Kier alpha value is -2.91. The Morgan fingerprint density at radius 3 is 1.97 bits per heavy atom. The normalized spacial score (nSPS) is 20.3. The van der Waals surface area contributed by atoms with E-state index in [1.165, 1.54) is 16.7 Å². The highest BCUT2D eigenvalue weighted by Gasteiger charge is 2.40. The third-order valence-corrected chi connectivity index (χ3v) is 6.19. The number of aliphatic hydroxyl groups is 1. The highest BCUT2D eigenvalue weighted by Crippen LogP contribution is 2.41. The van der Waals surface area contributed by atoms with Gasteiger partial charge in [0.2, 0.25) is 0 Å². The highest BCUT2D eigenvalue weighted by atomic mass is 16.2. The minimum Gasteiger partial charge on any atom is -0.396 e. The van der Waals surface area contributed by atoms with Crippen LogP contribution in [0.5, 0.6) is 0 Å². The molecule has 3 nitrogen and oxygen atoms in total. The van der Waals surface area contributed by atoms with Gasteiger partial charge >= 0.3 is 0 Å². The first-order chi connectivity index (χ1) is 14.7. The van der Waals surface area contributed by atoms with Gasteiger partial charge in [0, 0.05) is 12.0 Å². The summed E-state index contributed by atoms with van der Waals surface area (Å²) in [5.41, 5.74) is 3.50. The lowest BCUT2D eigenvalue weighted by molar-refractivity contribution is 0.279. The molecule has 0 fully saturated rings. The van der Waals surface area contributed by atoms with Crippen molar-refractivity contribution in [3.05, 3.63) is 108 Å². The summed E-state index contributed by atoms with van der Waals surface area (Å²) < 4.78 is 0. The highest BCUT2D eigenvalue weighted by molar-refractivity contribution is 5.94. The molecule has 30 heavy (non-hydrogen) atoms. The molecule has 1 heterocycles. The van der Waals surface area contributed by atoms with Gasteiger partial charge in [-0.05, 0) is 42.9 Å². The van der Waals surface area contributed by atoms with Gasteiger partial charge in [0.15, 0.2) is 0 Å². The van der Waals surface area contributed by atoms with Gasteiger partial charge in [-0.25, -0.2) is 0 Å². The van der Waals surface area contributed by atoms with Gasteiger partial charge < -0.3 is 10.4 Å². The van der Waals surface area contributed by atoms with Gasteiger partial charge in [0.05, 0.1) is 6.04 Å². The van der Waals surface area contributed by atoms with E-state index in [9.17, 15) is 5.11 Å². The maximum absolute atomic E-state index is 9.33. The van der Waals surface area contributed by atoms with E-state index in [0.29, 0.717) is 0 Å². The van der Waals surface area contributed by atoms with Crippen molar-refractivity contribution in [2.24, 2.45) is 4.99 Å².